The third kappa shape index (κ3) is 2.04. The third-order valence-corrected chi connectivity index (χ3v) is 4.37. The first-order valence-electron chi connectivity index (χ1n) is 6.23. The van der Waals surface area contributed by atoms with Crippen molar-refractivity contribution >= 4 is 16.5 Å². The average Bonchev–Trinajstić information content (AvgIpc) is 2.71. The van der Waals surface area contributed by atoms with Crippen molar-refractivity contribution in [1.82, 2.24) is 4.98 Å². The van der Waals surface area contributed by atoms with Crippen LogP contribution in [0.3, 0.4) is 0 Å². The molecule has 0 spiro atoms. The number of anilines is 1. The van der Waals surface area contributed by atoms with Crippen molar-refractivity contribution in [3.63, 3.8) is 0 Å². The largest absolute Gasteiger partial charge is 0.493 e. The number of nitrogens with zero attached hydrogens (tertiary/aromatic N) is 1. The van der Waals surface area contributed by atoms with Gasteiger partial charge in [-0.15, -0.1) is 11.3 Å². The molecule has 2 N–H and O–H groups in total. The number of benzene rings is 1. The Hall–Kier alpha value is -1.75. The van der Waals surface area contributed by atoms with Crippen LogP contribution in [0.4, 0.5) is 5.13 Å². The fourth-order valence-electron chi connectivity index (χ4n) is 2.54. The number of thiazole rings is 1. The number of rotatable bonds is 2. The number of aromatic nitrogens is 1. The van der Waals surface area contributed by atoms with E-state index in [1.165, 1.54) is 10.4 Å². The van der Waals surface area contributed by atoms with Crippen molar-refractivity contribution in [3.05, 3.63) is 22.6 Å². The van der Waals surface area contributed by atoms with Crippen LogP contribution in [0.5, 0.6) is 11.5 Å². The van der Waals surface area contributed by atoms with Gasteiger partial charge in [0.1, 0.15) is 0 Å². The van der Waals surface area contributed by atoms with Gasteiger partial charge >= 0.3 is 0 Å². The van der Waals surface area contributed by atoms with Gasteiger partial charge in [0.05, 0.1) is 19.9 Å². The van der Waals surface area contributed by atoms with Crippen LogP contribution in [-0.4, -0.2) is 19.2 Å². The van der Waals surface area contributed by atoms with Gasteiger partial charge in [0.25, 0.3) is 0 Å². The zero-order valence-corrected chi connectivity index (χ0v) is 11.8. The first-order chi connectivity index (χ1) is 9.22. The maximum Gasteiger partial charge on any atom is 0.180 e. The van der Waals surface area contributed by atoms with Crippen LogP contribution in [0.15, 0.2) is 12.1 Å². The molecular weight excluding hydrogens is 260 g/mol. The minimum atomic E-state index is 0.632. The monoisotopic (exact) mass is 276 g/mol. The van der Waals surface area contributed by atoms with E-state index in [0.717, 1.165) is 42.0 Å². The van der Waals surface area contributed by atoms with Crippen LogP contribution in [0.25, 0.3) is 11.3 Å². The number of aryl methyl sites for hydroxylation is 2. The number of ether oxygens (including phenoxy) is 2. The Labute approximate surface area is 116 Å². The molecule has 2 aromatic rings. The highest BCUT2D eigenvalue weighted by molar-refractivity contribution is 7.15. The summed E-state index contributed by atoms with van der Waals surface area (Å²) in [7, 11) is 3.31. The minimum Gasteiger partial charge on any atom is -0.493 e. The van der Waals surface area contributed by atoms with Gasteiger partial charge in [0.15, 0.2) is 16.6 Å². The van der Waals surface area contributed by atoms with E-state index >= 15 is 0 Å². The van der Waals surface area contributed by atoms with Crippen LogP contribution in [0.1, 0.15) is 16.9 Å². The number of hydrogen-bond donors (Lipinski definition) is 1. The first kappa shape index (κ1) is 12.3. The van der Waals surface area contributed by atoms with Gasteiger partial charge in [0.2, 0.25) is 0 Å². The van der Waals surface area contributed by atoms with Crippen LogP contribution in [-0.2, 0) is 12.8 Å². The van der Waals surface area contributed by atoms with Gasteiger partial charge in [0, 0.05) is 10.4 Å². The molecule has 0 saturated heterocycles. The fraction of sp³-hybridized carbons (Fsp3) is 0.357. The maximum atomic E-state index is 5.84. The van der Waals surface area contributed by atoms with Crippen molar-refractivity contribution in [2.75, 3.05) is 20.0 Å². The highest BCUT2D eigenvalue weighted by atomic mass is 32.1. The van der Waals surface area contributed by atoms with Gasteiger partial charge in [-0.05, 0) is 37.0 Å². The number of nitrogens with two attached hydrogens (primary N) is 1. The van der Waals surface area contributed by atoms with E-state index in [1.54, 1.807) is 25.6 Å². The summed E-state index contributed by atoms with van der Waals surface area (Å²) >= 11 is 1.59. The second kappa shape index (κ2) is 4.74. The lowest BCUT2D eigenvalue weighted by atomic mass is 10.0. The van der Waals surface area contributed by atoms with E-state index in [-0.39, 0.29) is 0 Å². The SMILES string of the molecule is COc1cc2c(cc1OC)-c1nc(N)sc1CCC2. The molecule has 5 heteroatoms. The Morgan fingerprint density at radius 3 is 2.63 bits per heavy atom. The van der Waals surface area contributed by atoms with E-state index in [0.29, 0.717) is 5.13 Å². The molecule has 0 atom stereocenters. The summed E-state index contributed by atoms with van der Waals surface area (Å²) in [5, 5.41) is 0.632. The molecular formula is C14H16N2O2S. The quantitative estimate of drug-likeness (QED) is 0.916. The van der Waals surface area contributed by atoms with E-state index < -0.39 is 0 Å². The number of nitrogen functional groups attached to an aromatic ring is 1. The summed E-state index contributed by atoms with van der Waals surface area (Å²) in [6.07, 6.45) is 3.17. The van der Waals surface area contributed by atoms with Crippen LogP contribution >= 0.6 is 11.3 Å². The number of fused-ring (bicyclic) bond motifs is 3. The Morgan fingerprint density at radius 2 is 1.89 bits per heavy atom. The fourth-order valence-corrected chi connectivity index (χ4v) is 3.43. The lowest BCUT2D eigenvalue weighted by molar-refractivity contribution is 0.354. The Bertz CT molecular complexity index is 622. The molecule has 0 fully saturated rings. The number of hydrogen-bond acceptors (Lipinski definition) is 5. The van der Waals surface area contributed by atoms with Crippen molar-refractivity contribution in [2.24, 2.45) is 0 Å². The molecule has 0 radical (unpaired) electrons. The zero-order valence-electron chi connectivity index (χ0n) is 11.0. The Kier molecular flexibility index (Phi) is 3.06. The minimum absolute atomic E-state index is 0.632. The van der Waals surface area contributed by atoms with Crippen molar-refractivity contribution in [1.29, 1.82) is 0 Å². The molecule has 100 valence electrons. The van der Waals surface area contributed by atoms with Crippen molar-refractivity contribution in [3.8, 4) is 22.8 Å². The second-order valence-corrected chi connectivity index (χ2v) is 5.66. The molecule has 0 aliphatic heterocycles. The topological polar surface area (TPSA) is 57.4 Å². The summed E-state index contributed by atoms with van der Waals surface area (Å²) in [5.74, 6) is 1.51. The lowest BCUT2D eigenvalue weighted by Gasteiger charge is -2.12. The van der Waals surface area contributed by atoms with Crippen LogP contribution in [0.2, 0.25) is 0 Å². The van der Waals surface area contributed by atoms with E-state index in [9.17, 15) is 0 Å². The van der Waals surface area contributed by atoms with E-state index in [4.69, 9.17) is 15.2 Å². The molecule has 0 bridgehead atoms. The van der Waals surface area contributed by atoms with Gasteiger partial charge in [-0.3, -0.25) is 0 Å². The Morgan fingerprint density at radius 1 is 1.16 bits per heavy atom. The smallest absolute Gasteiger partial charge is 0.180 e. The molecule has 19 heavy (non-hydrogen) atoms. The van der Waals surface area contributed by atoms with Crippen molar-refractivity contribution in [2.45, 2.75) is 19.3 Å². The second-order valence-electron chi connectivity index (χ2n) is 4.54. The lowest BCUT2D eigenvalue weighted by Crippen LogP contribution is -1.96. The molecule has 4 nitrogen and oxygen atoms in total. The molecule has 1 aromatic carbocycles. The maximum absolute atomic E-state index is 5.84. The van der Waals surface area contributed by atoms with Gasteiger partial charge in [-0.2, -0.15) is 0 Å². The van der Waals surface area contributed by atoms with Gasteiger partial charge in [-0.1, -0.05) is 0 Å². The number of methoxy groups -OCH3 is 2. The predicted molar refractivity (Wildman–Crippen MR) is 77.1 cm³/mol. The van der Waals surface area contributed by atoms with Gasteiger partial charge < -0.3 is 15.2 Å². The third-order valence-electron chi connectivity index (χ3n) is 3.43. The normalized spacial score (nSPS) is 13.4. The summed E-state index contributed by atoms with van der Waals surface area (Å²) < 4.78 is 10.8. The summed E-state index contributed by atoms with van der Waals surface area (Å²) in [6.45, 7) is 0. The highest BCUT2D eigenvalue weighted by Crippen LogP contribution is 2.41. The molecule has 0 amide bonds. The molecule has 1 aliphatic carbocycles. The van der Waals surface area contributed by atoms with Gasteiger partial charge in [-0.25, -0.2) is 4.98 Å². The summed E-state index contributed by atoms with van der Waals surface area (Å²) in [6, 6.07) is 4.07. The standard InChI is InChI=1S/C14H16N2O2S/c1-17-10-6-8-4-3-5-12-13(16-14(15)19-12)9(8)7-11(10)18-2/h6-7H,3-5H2,1-2H3,(H2,15,16). The summed E-state index contributed by atoms with van der Waals surface area (Å²) in [4.78, 5) is 5.75. The predicted octanol–water partition coefficient (Wildman–Crippen LogP) is 2.90. The molecule has 3 rings (SSSR count). The summed E-state index contributed by atoms with van der Waals surface area (Å²) in [5.41, 5.74) is 9.23. The molecule has 1 heterocycles. The average molecular weight is 276 g/mol. The van der Waals surface area contributed by atoms with E-state index in [1.807, 2.05) is 6.07 Å². The zero-order chi connectivity index (χ0) is 13.4. The molecule has 0 saturated carbocycles. The van der Waals surface area contributed by atoms with Crippen LogP contribution in [0, 0.1) is 0 Å². The van der Waals surface area contributed by atoms with Crippen molar-refractivity contribution < 1.29 is 9.47 Å². The Balaban J connectivity index is 2.22. The van der Waals surface area contributed by atoms with Crippen LogP contribution < -0.4 is 15.2 Å². The first-order valence-corrected chi connectivity index (χ1v) is 7.05. The highest BCUT2D eigenvalue weighted by Gasteiger charge is 2.21. The molecule has 1 aliphatic rings. The van der Waals surface area contributed by atoms with E-state index in [2.05, 4.69) is 11.1 Å². The molecule has 0 unspecified atom stereocenters. The molecule has 1 aromatic heterocycles.